The van der Waals surface area contributed by atoms with Crippen LogP contribution in [0.4, 0.5) is 4.39 Å². The standard InChI is InChI=1S/C17H24FN3O3S.ClH/c18-15-4-6-16(7-5-15)25(23,24)21-10-2-9-20(11-12-21)17(22)14-3-1-8-19-13-14;/h4-7,14,19H,1-3,8-13H2;1H. The van der Waals surface area contributed by atoms with E-state index >= 15 is 0 Å². The lowest BCUT2D eigenvalue weighted by Gasteiger charge is -2.29. The third-order valence-electron chi connectivity index (χ3n) is 4.86. The second-order valence-electron chi connectivity index (χ2n) is 6.58. The Morgan fingerprint density at radius 1 is 1.08 bits per heavy atom. The number of amides is 1. The summed E-state index contributed by atoms with van der Waals surface area (Å²) >= 11 is 0. The zero-order chi connectivity index (χ0) is 17.9. The van der Waals surface area contributed by atoms with E-state index in [2.05, 4.69) is 5.32 Å². The molecular weight excluding hydrogens is 381 g/mol. The molecule has 1 N–H and O–H groups in total. The van der Waals surface area contributed by atoms with Gasteiger partial charge in [-0.3, -0.25) is 4.79 Å². The Morgan fingerprint density at radius 2 is 1.81 bits per heavy atom. The number of hydrogen-bond donors (Lipinski definition) is 1. The van der Waals surface area contributed by atoms with Crippen LogP contribution in [0.1, 0.15) is 19.3 Å². The van der Waals surface area contributed by atoms with Gasteiger partial charge < -0.3 is 10.2 Å². The van der Waals surface area contributed by atoms with Crippen molar-refractivity contribution in [3.05, 3.63) is 30.1 Å². The zero-order valence-electron chi connectivity index (χ0n) is 14.6. The molecule has 1 aromatic rings. The van der Waals surface area contributed by atoms with Crippen LogP contribution in [0.5, 0.6) is 0 Å². The summed E-state index contributed by atoms with van der Waals surface area (Å²) < 4.78 is 39.9. The Kier molecular flexibility index (Phi) is 7.40. The predicted molar refractivity (Wildman–Crippen MR) is 99.2 cm³/mol. The molecule has 0 radical (unpaired) electrons. The van der Waals surface area contributed by atoms with Crippen LogP contribution in [0.3, 0.4) is 0 Å². The van der Waals surface area contributed by atoms with Gasteiger partial charge in [0.15, 0.2) is 0 Å². The van der Waals surface area contributed by atoms with E-state index in [1.165, 1.54) is 16.4 Å². The lowest BCUT2D eigenvalue weighted by atomic mass is 9.98. The molecule has 9 heteroatoms. The fourth-order valence-corrected chi connectivity index (χ4v) is 4.90. The maximum atomic E-state index is 13.0. The molecule has 1 aromatic carbocycles. The summed E-state index contributed by atoms with van der Waals surface area (Å²) in [6.07, 6.45) is 2.49. The minimum atomic E-state index is -3.66. The molecule has 0 spiro atoms. The Morgan fingerprint density at radius 3 is 2.46 bits per heavy atom. The molecule has 0 bridgehead atoms. The molecule has 1 amide bonds. The van der Waals surface area contributed by atoms with Crippen LogP contribution in [0.2, 0.25) is 0 Å². The Hall–Kier alpha value is -1.22. The second-order valence-corrected chi connectivity index (χ2v) is 8.52. The van der Waals surface area contributed by atoms with E-state index in [1.54, 1.807) is 4.90 Å². The number of nitrogens with one attached hydrogen (secondary N) is 1. The molecular formula is C17H25ClFN3O3S. The monoisotopic (exact) mass is 405 g/mol. The van der Waals surface area contributed by atoms with E-state index < -0.39 is 15.8 Å². The van der Waals surface area contributed by atoms with E-state index in [4.69, 9.17) is 0 Å². The number of rotatable bonds is 3. The molecule has 0 aromatic heterocycles. The highest BCUT2D eigenvalue weighted by Crippen LogP contribution is 2.20. The molecule has 2 fully saturated rings. The third kappa shape index (κ3) is 4.73. The van der Waals surface area contributed by atoms with Gasteiger partial charge in [0.2, 0.25) is 15.9 Å². The van der Waals surface area contributed by atoms with Gasteiger partial charge in [-0.25, -0.2) is 12.8 Å². The molecule has 146 valence electrons. The number of carbonyl (C=O) groups is 1. The molecule has 2 aliphatic heterocycles. The summed E-state index contributed by atoms with van der Waals surface area (Å²) in [5, 5.41) is 3.25. The van der Waals surface area contributed by atoms with Crippen molar-refractivity contribution in [3.63, 3.8) is 0 Å². The highest BCUT2D eigenvalue weighted by Gasteiger charge is 2.31. The summed E-state index contributed by atoms with van der Waals surface area (Å²) in [6.45, 7) is 3.26. The topological polar surface area (TPSA) is 69.7 Å². The number of sulfonamides is 1. The number of piperidine rings is 1. The Labute approximate surface area is 160 Å². The fourth-order valence-electron chi connectivity index (χ4n) is 3.43. The molecule has 1 atom stereocenters. The number of halogens is 2. The van der Waals surface area contributed by atoms with E-state index in [1.807, 2.05) is 0 Å². The van der Waals surface area contributed by atoms with Gasteiger partial charge in [0.05, 0.1) is 10.8 Å². The smallest absolute Gasteiger partial charge is 0.243 e. The molecule has 26 heavy (non-hydrogen) atoms. The van der Waals surface area contributed by atoms with Crippen molar-refractivity contribution in [1.29, 1.82) is 0 Å². The first-order valence-corrected chi connectivity index (χ1v) is 10.2. The largest absolute Gasteiger partial charge is 0.341 e. The molecule has 0 saturated carbocycles. The van der Waals surface area contributed by atoms with Gasteiger partial charge in [-0.05, 0) is 50.1 Å². The maximum absolute atomic E-state index is 13.0. The number of nitrogens with zero attached hydrogens (tertiary/aromatic N) is 2. The molecule has 3 rings (SSSR count). The maximum Gasteiger partial charge on any atom is 0.243 e. The van der Waals surface area contributed by atoms with Crippen molar-refractivity contribution in [2.24, 2.45) is 5.92 Å². The normalized spacial score (nSPS) is 22.3. The van der Waals surface area contributed by atoms with Crippen LogP contribution < -0.4 is 5.32 Å². The lowest BCUT2D eigenvalue weighted by Crippen LogP contribution is -2.44. The van der Waals surface area contributed by atoms with Crippen molar-refractivity contribution in [2.45, 2.75) is 24.2 Å². The third-order valence-corrected chi connectivity index (χ3v) is 6.78. The molecule has 2 aliphatic rings. The first kappa shape index (κ1) is 21.1. The fraction of sp³-hybridized carbons (Fsp3) is 0.588. The number of benzene rings is 1. The van der Waals surface area contributed by atoms with Crippen molar-refractivity contribution in [2.75, 3.05) is 39.3 Å². The Balaban J connectivity index is 0.00000243. The first-order valence-electron chi connectivity index (χ1n) is 8.74. The summed E-state index contributed by atoms with van der Waals surface area (Å²) in [7, 11) is -3.66. The van der Waals surface area contributed by atoms with E-state index in [0.29, 0.717) is 32.6 Å². The summed E-state index contributed by atoms with van der Waals surface area (Å²) in [5.41, 5.74) is 0. The minimum absolute atomic E-state index is 0. The van der Waals surface area contributed by atoms with Crippen molar-refractivity contribution < 1.29 is 17.6 Å². The van der Waals surface area contributed by atoms with Gasteiger partial charge in [-0.2, -0.15) is 4.31 Å². The van der Waals surface area contributed by atoms with Gasteiger partial charge in [-0.15, -0.1) is 12.4 Å². The van der Waals surface area contributed by atoms with Crippen LogP contribution in [-0.2, 0) is 14.8 Å². The summed E-state index contributed by atoms with van der Waals surface area (Å²) in [6, 6.07) is 4.87. The van der Waals surface area contributed by atoms with Crippen LogP contribution >= 0.6 is 12.4 Å². The van der Waals surface area contributed by atoms with Gasteiger partial charge in [0, 0.05) is 32.7 Å². The lowest BCUT2D eigenvalue weighted by molar-refractivity contribution is -0.135. The van der Waals surface area contributed by atoms with E-state index in [0.717, 1.165) is 31.5 Å². The number of hydrogen-bond acceptors (Lipinski definition) is 4. The SMILES string of the molecule is Cl.O=C(C1CCCNC1)N1CCCN(S(=O)(=O)c2ccc(F)cc2)CC1. The highest BCUT2D eigenvalue weighted by molar-refractivity contribution is 7.89. The average Bonchev–Trinajstić information content (AvgIpc) is 2.89. The van der Waals surface area contributed by atoms with Crippen LogP contribution in [0.15, 0.2) is 29.2 Å². The van der Waals surface area contributed by atoms with E-state index in [9.17, 15) is 17.6 Å². The minimum Gasteiger partial charge on any atom is -0.341 e. The second kappa shape index (κ2) is 9.12. The van der Waals surface area contributed by atoms with Crippen molar-refractivity contribution in [3.8, 4) is 0 Å². The van der Waals surface area contributed by atoms with Gasteiger partial charge in [-0.1, -0.05) is 0 Å². The average molecular weight is 406 g/mol. The van der Waals surface area contributed by atoms with Gasteiger partial charge >= 0.3 is 0 Å². The predicted octanol–water partition coefficient (Wildman–Crippen LogP) is 1.47. The summed E-state index contributed by atoms with van der Waals surface area (Å²) in [4.78, 5) is 14.5. The Bertz CT molecular complexity index is 708. The highest BCUT2D eigenvalue weighted by atomic mass is 35.5. The molecule has 0 aliphatic carbocycles. The zero-order valence-corrected chi connectivity index (χ0v) is 16.2. The molecule has 2 heterocycles. The van der Waals surface area contributed by atoms with Crippen molar-refractivity contribution in [1.82, 2.24) is 14.5 Å². The number of carbonyl (C=O) groups excluding carboxylic acids is 1. The summed E-state index contributed by atoms with van der Waals surface area (Å²) in [5.74, 6) is -0.352. The van der Waals surface area contributed by atoms with Gasteiger partial charge in [0.1, 0.15) is 5.82 Å². The van der Waals surface area contributed by atoms with Crippen LogP contribution in [-0.4, -0.2) is 62.8 Å². The first-order chi connectivity index (χ1) is 12.0. The quantitative estimate of drug-likeness (QED) is 0.826. The van der Waals surface area contributed by atoms with Crippen LogP contribution in [0.25, 0.3) is 0 Å². The van der Waals surface area contributed by atoms with E-state index in [-0.39, 0.29) is 35.7 Å². The van der Waals surface area contributed by atoms with Crippen molar-refractivity contribution >= 4 is 28.3 Å². The van der Waals surface area contributed by atoms with Crippen LogP contribution in [0, 0.1) is 11.7 Å². The molecule has 6 nitrogen and oxygen atoms in total. The van der Waals surface area contributed by atoms with Gasteiger partial charge in [0.25, 0.3) is 0 Å². The molecule has 1 unspecified atom stereocenters. The molecule has 2 saturated heterocycles.